The number of rotatable bonds is 6. The molecule has 142 valence electrons. The number of aromatic nitrogens is 1. The molecule has 0 amide bonds. The number of H-pyrrole nitrogens is 1. The highest BCUT2D eigenvalue weighted by Gasteiger charge is 2.08. The number of anilines is 2. The van der Waals surface area contributed by atoms with Crippen LogP contribution in [0.1, 0.15) is 11.1 Å². The van der Waals surface area contributed by atoms with Gasteiger partial charge in [-0.05, 0) is 42.0 Å². The second kappa shape index (κ2) is 8.97. The number of aromatic amines is 1. The molecule has 0 fully saturated rings. The van der Waals surface area contributed by atoms with Gasteiger partial charge >= 0.3 is 0 Å². The first kappa shape index (κ1) is 19.3. The van der Waals surface area contributed by atoms with Gasteiger partial charge in [0, 0.05) is 23.0 Å². The predicted octanol–water partition coefficient (Wildman–Crippen LogP) is 5.20. The molecule has 0 atom stereocenters. The predicted molar refractivity (Wildman–Crippen MR) is 118 cm³/mol. The van der Waals surface area contributed by atoms with E-state index in [2.05, 4.69) is 27.6 Å². The highest BCUT2D eigenvalue weighted by Crippen LogP contribution is 2.28. The first-order valence-corrected chi connectivity index (χ1v) is 8.71. The Morgan fingerprint density at radius 1 is 0.964 bits per heavy atom. The lowest BCUT2D eigenvalue weighted by atomic mass is 10.1. The topological polar surface area (TPSA) is 75.4 Å². The second-order valence-corrected chi connectivity index (χ2v) is 6.19. The van der Waals surface area contributed by atoms with E-state index in [1.807, 2.05) is 66.9 Å². The van der Waals surface area contributed by atoms with Crippen molar-refractivity contribution in [2.45, 2.75) is 6.61 Å². The molecule has 28 heavy (non-hydrogen) atoms. The van der Waals surface area contributed by atoms with Gasteiger partial charge in [0.1, 0.15) is 12.4 Å². The van der Waals surface area contributed by atoms with Gasteiger partial charge in [0.05, 0.1) is 17.3 Å². The third kappa shape index (κ3) is 4.45. The summed E-state index contributed by atoms with van der Waals surface area (Å²) in [7, 11) is 0. The van der Waals surface area contributed by atoms with Crippen LogP contribution in [0.2, 0.25) is 0 Å². The van der Waals surface area contributed by atoms with Crippen LogP contribution >= 0.6 is 12.4 Å². The summed E-state index contributed by atoms with van der Waals surface area (Å²) >= 11 is 0. The Kier molecular flexibility index (Phi) is 6.19. The molecule has 0 aliphatic carbocycles. The molecule has 0 bridgehead atoms. The third-order valence-corrected chi connectivity index (χ3v) is 4.24. The van der Waals surface area contributed by atoms with Crippen molar-refractivity contribution in [1.29, 1.82) is 0 Å². The Morgan fingerprint density at radius 2 is 1.75 bits per heavy atom. The van der Waals surface area contributed by atoms with E-state index in [1.165, 1.54) is 0 Å². The van der Waals surface area contributed by atoms with Crippen LogP contribution in [-0.2, 0) is 6.61 Å². The highest BCUT2D eigenvalue weighted by atomic mass is 35.5. The molecule has 1 heterocycles. The van der Waals surface area contributed by atoms with Gasteiger partial charge in [-0.1, -0.05) is 36.4 Å². The first-order valence-electron chi connectivity index (χ1n) is 8.71. The summed E-state index contributed by atoms with van der Waals surface area (Å²) < 4.78 is 6.07. The molecule has 4 rings (SSSR count). The number of nitrogens with two attached hydrogens (primary N) is 1. The minimum absolute atomic E-state index is 0. The summed E-state index contributed by atoms with van der Waals surface area (Å²) in [4.78, 5) is 3.27. The monoisotopic (exact) mass is 392 g/mol. The molecule has 1 aromatic heterocycles. The fourth-order valence-corrected chi connectivity index (χ4v) is 2.87. The van der Waals surface area contributed by atoms with Crippen molar-refractivity contribution in [3.63, 3.8) is 0 Å². The molecular weight excluding hydrogens is 372 g/mol. The van der Waals surface area contributed by atoms with Crippen LogP contribution in [0.4, 0.5) is 11.4 Å². The van der Waals surface area contributed by atoms with E-state index in [-0.39, 0.29) is 12.4 Å². The van der Waals surface area contributed by atoms with E-state index >= 15 is 0 Å². The molecular formula is C22H21ClN4O. The van der Waals surface area contributed by atoms with E-state index < -0.39 is 0 Å². The molecule has 0 aliphatic rings. The number of hydrogen-bond donors (Lipinski definition) is 3. The van der Waals surface area contributed by atoms with Crippen LogP contribution < -0.4 is 15.9 Å². The Hall–Kier alpha value is -3.44. The highest BCUT2D eigenvalue weighted by molar-refractivity contribution is 6.02. The molecule has 0 saturated carbocycles. The number of ether oxygens (including phenoxy) is 1. The molecule has 6 heteroatoms. The molecule has 0 radical (unpaired) electrons. The number of fused-ring (bicyclic) bond motifs is 1. The molecule has 4 aromatic rings. The number of nitrogen functional groups attached to an aromatic ring is 1. The number of benzene rings is 3. The Balaban J connectivity index is 0.00000225. The number of nitrogens with one attached hydrogen (secondary N) is 2. The molecule has 5 nitrogen and oxygen atoms in total. The maximum Gasteiger partial charge on any atom is 0.129 e. The molecule has 0 spiro atoms. The van der Waals surface area contributed by atoms with Gasteiger partial charge in [0.15, 0.2) is 0 Å². The fourth-order valence-electron chi connectivity index (χ4n) is 2.87. The normalized spacial score (nSPS) is 10.7. The average Bonchev–Trinajstić information content (AvgIpc) is 3.12. The Morgan fingerprint density at radius 3 is 2.54 bits per heavy atom. The summed E-state index contributed by atoms with van der Waals surface area (Å²) in [5.41, 5.74) is 13.4. The largest absolute Gasteiger partial charge is 0.488 e. The van der Waals surface area contributed by atoms with Crippen molar-refractivity contribution in [3.8, 4) is 5.75 Å². The fraction of sp³-hybridized carbons (Fsp3) is 0.0455. The van der Waals surface area contributed by atoms with Crippen molar-refractivity contribution in [3.05, 3.63) is 90.1 Å². The van der Waals surface area contributed by atoms with E-state index in [4.69, 9.17) is 10.5 Å². The van der Waals surface area contributed by atoms with E-state index in [0.29, 0.717) is 6.61 Å². The molecule has 0 saturated heterocycles. The summed E-state index contributed by atoms with van der Waals surface area (Å²) in [6.07, 6.45) is 3.71. The van der Waals surface area contributed by atoms with Gasteiger partial charge in [0.2, 0.25) is 0 Å². The van der Waals surface area contributed by atoms with Gasteiger partial charge < -0.3 is 15.5 Å². The third-order valence-electron chi connectivity index (χ3n) is 4.24. The average molecular weight is 393 g/mol. The lowest BCUT2D eigenvalue weighted by molar-refractivity contribution is 0.310. The van der Waals surface area contributed by atoms with E-state index in [0.717, 1.165) is 39.2 Å². The van der Waals surface area contributed by atoms with E-state index in [9.17, 15) is 0 Å². The van der Waals surface area contributed by atoms with Gasteiger partial charge in [-0.25, -0.2) is 0 Å². The summed E-state index contributed by atoms with van der Waals surface area (Å²) in [5, 5.41) is 5.34. The van der Waals surface area contributed by atoms with Crippen molar-refractivity contribution >= 4 is 40.9 Å². The van der Waals surface area contributed by atoms with Crippen molar-refractivity contribution in [2.24, 2.45) is 5.10 Å². The van der Waals surface area contributed by atoms with Crippen molar-refractivity contribution in [1.82, 2.24) is 4.98 Å². The lowest BCUT2D eigenvalue weighted by Gasteiger charge is -2.08. The van der Waals surface area contributed by atoms with Crippen molar-refractivity contribution < 1.29 is 4.74 Å². The zero-order valence-electron chi connectivity index (χ0n) is 15.1. The van der Waals surface area contributed by atoms with Gasteiger partial charge in [0.25, 0.3) is 0 Å². The minimum atomic E-state index is 0. The van der Waals surface area contributed by atoms with Crippen LogP contribution in [-0.4, -0.2) is 11.2 Å². The quantitative estimate of drug-likeness (QED) is 0.240. The second-order valence-electron chi connectivity index (χ2n) is 6.19. The maximum atomic E-state index is 6.07. The Bertz CT molecular complexity index is 1060. The number of hydrogen-bond acceptors (Lipinski definition) is 4. The lowest BCUT2D eigenvalue weighted by Crippen LogP contribution is -1.96. The summed E-state index contributed by atoms with van der Waals surface area (Å²) in [6.45, 7) is 0.519. The van der Waals surface area contributed by atoms with Crippen LogP contribution in [0.3, 0.4) is 0 Å². The van der Waals surface area contributed by atoms with Crippen LogP contribution in [0.25, 0.3) is 10.9 Å². The van der Waals surface area contributed by atoms with E-state index in [1.54, 1.807) is 6.21 Å². The first-order chi connectivity index (χ1) is 13.3. The SMILES string of the molecule is Cl.Nc1ccc(NN=Cc2c[nH]c3cccc(OCc4ccccc4)c23)cc1. The zero-order chi connectivity index (χ0) is 18.5. The molecule has 0 unspecified atom stereocenters. The number of hydrazone groups is 1. The Labute approximate surface area is 169 Å². The zero-order valence-corrected chi connectivity index (χ0v) is 15.9. The maximum absolute atomic E-state index is 6.07. The minimum Gasteiger partial charge on any atom is -0.488 e. The summed E-state index contributed by atoms with van der Waals surface area (Å²) in [5.74, 6) is 0.825. The number of nitrogens with zero attached hydrogens (tertiary/aromatic N) is 1. The van der Waals surface area contributed by atoms with Crippen LogP contribution in [0.5, 0.6) is 5.75 Å². The smallest absolute Gasteiger partial charge is 0.129 e. The van der Waals surface area contributed by atoms with Crippen molar-refractivity contribution in [2.75, 3.05) is 11.2 Å². The van der Waals surface area contributed by atoms with Gasteiger partial charge in [-0.2, -0.15) is 5.10 Å². The standard InChI is InChI=1S/C22H20N4O.ClH/c23-18-9-11-19(12-10-18)26-25-14-17-13-24-20-7-4-8-21(22(17)20)27-15-16-5-2-1-3-6-16;/h1-14,24,26H,15,23H2;1H. The van der Waals surface area contributed by atoms with Gasteiger partial charge in [-0.15, -0.1) is 12.4 Å². The molecule has 4 N–H and O–H groups in total. The van der Waals surface area contributed by atoms with Crippen LogP contribution in [0.15, 0.2) is 84.1 Å². The molecule has 0 aliphatic heterocycles. The molecule has 3 aromatic carbocycles. The summed E-state index contributed by atoms with van der Waals surface area (Å²) in [6, 6.07) is 23.5. The van der Waals surface area contributed by atoms with Gasteiger partial charge in [-0.3, -0.25) is 5.43 Å². The van der Waals surface area contributed by atoms with Crippen LogP contribution in [0, 0.1) is 0 Å². The number of halogens is 1.